The molecule has 1 N–H and O–H groups in total. The molecule has 1 atom stereocenters. The molecule has 0 spiro atoms. The molecule has 6 nitrogen and oxygen atoms in total. The fourth-order valence-corrected chi connectivity index (χ4v) is 3.48. The molecule has 1 aromatic carbocycles. The van der Waals surface area contributed by atoms with E-state index in [-0.39, 0.29) is 23.4 Å². The predicted octanol–water partition coefficient (Wildman–Crippen LogP) is 3.36. The zero-order chi connectivity index (χ0) is 19.6. The molecular formula is C20H26N4O2S. The van der Waals surface area contributed by atoms with Crippen LogP contribution in [0.4, 0.5) is 0 Å². The summed E-state index contributed by atoms with van der Waals surface area (Å²) >= 11 is 1.14. The number of amides is 2. The Hall–Kier alpha value is -2.28. The van der Waals surface area contributed by atoms with Gasteiger partial charge < -0.3 is 10.2 Å². The van der Waals surface area contributed by atoms with Crippen LogP contribution in [0.25, 0.3) is 0 Å². The highest BCUT2D eigenvalue weighted by Crippen LogP contribution is 2.36. The number of aromatic nitrogens is 2. The fraction of sp³-hybridized carbons (Fsp3) is 0.500. The molecule has 2 aromatic rings. The van der Waals surface area contributed by atoms with Crippen LogP contribution in [-0.4, -0.2) is 37.9 Å². The molecule has 1 aliphatic carbocycles. The van der Waals surface area contributed by atoms with Crippen molar-refractivity contribution in [3.05, 3.63) is 46.5 Å². The summed E-state index contributed by atoms with van der Waals surface area (Å²) in [5.74, 6) is -0.407. The average molecular weight is 387 g/mol. The molecule has 0 aliphatic heterocycles. The normalized spacial score (nSPS) is 15.3. The summed E-state index contributed by atoms with van der Waals surface area (Å²) in [6.45, 7) is 7.91. The molecule has 3 rings (SSSR count). The molecule has 1 aromatic heterocycles. The van der Waals surface area contributed by atoms with E-state index < -0.39 is 6.04 Å². The lowest BCUT2D eigenvalue weighted by molar-refractivity contribution is -0.127. The monoisotopic (exact) mass is 386 g/mol. The molecule has 0 saturated heterocycles. The minimum atomic E-state index is -0.683. The number of benzene rings is 1. The first-order chi connectivity index (χ1) is 12.8. The molecule has 27 heavy (non-hydrogen) atoms. The molecule has 2 amide bonds. The predicted molar refractivity (Wildman–Crippen MR) is 106 cm³/mol. The number of hydrogen-bond acceptors (Lipinski definition) is 5. The second-order valence-electron chi connectivity index (χ2n) is 7.97. The summed E-state index contributed by atoms with van der Waals surface area (Å²) in [5.41, 5.74) is 1.92. The lowest BCUT2D eigenvalue weighted by Crippen LogP contribution is -2.50. The van der Waals surface area contributed by atoms with Gasteiger partial charge in [-0.1, -0.05) is 35.7 Å². The van der Waals surface area contributed by atoms with Crippen LogP contribution < -0.4 is 5.32 Å². The first-order valence-electron chi connectivity index (χ1n) is 9.30. The van der Waals surface area contributed by atoms with Crippen LogP contribution in [0.5, 0.6) is 0 Å². The minimum absolute atomic E-state index is 0.0563. The number of carbonyl (C=O) groups excluding carboxylic acids is 2. The SMILES string of the molecule is CCc1ccc([C@@H](C(=O)NC(C)(C)C)N(C(=O)c2csnn2)C2CC2)cc1. The van der Waals surface area contributed by atoms with Crippen LogP contribution in [0, 0.1) is 0 Å². The van der Waals surface area contributed by atoms with Gasteiger partial charge in [-0.3, -0.25) is 9.59 Å². The highest BCUT2D eigenvalue weighted by Gasteiger charge is 2.42. The lowest BCUT2D eigenvalue weighted by atomic mass is 9.99. The summed E-state index contributed by atoms with van der Waals surface area (Å²) in [4.78, 5) is 28.1. The van der Waals surface area contributed by atoms with E-state index in [1.54, 1.807) is 10.3 Å². The molecule has 144 valence electrons. The second-order valence-corrected chi connectivity index (χ2v) is 8.58. The summed E-state index contributed by atoms with van der Waals surface area (Å²) < 4.78 is 3.81. The molecule has 1 fully saturated rings. The van der Waals surface area contributed by atoms with Crippen molar-refractivity contribution < 1.29 is 9.59 Å². The van der Waals surface area contributed by atoms with E-state index in [0.717, 1.165) is 36.4 Å². The van der Waals surface area contributed by atoms with Gasteiger partial charge in [-0.2, -0.15) is 0 Å². The zero-order valence-electron chi connectivity index (χ0n) is 16.2. The highest BCUT2D eigenvalue weighted by atomic mass is 32.1. The molecule has 1 aliphatic rings. The standard InChI is InChI=1S/C20H26N4O2S/c1-5-13-6-8-14(9-7-13)17(18(25)21-20(2,3)4)24(15-10-11-15)19(26)16-12-27-23-22-16/h6-9,12,15,17H,5,10-11H2,1-4H3,(H,21,25)/t17-/m0/s1. The fourth-order valence-electron chi connectivity index (χ4n) is 3.05. The van der Waals surface area contributed by atoms with Gasteiger partial charge in [0.15, 0.2) is 5.69 Å². The number of carbonyl (C=O) groups is 2. The minimum Gasteiger partial charge on any atom is -0.349 e. The Balaban J connectivity index is 2.00. The molecule has 7 heteroatoms. The van der Waals surface area contributed by atoms with Gasteiger partial charge in [0.05, 0.1) is 0 Å². The molecular weight excluding hydrogens is 360 g/mol. The smallest absolute Gasteiger partial charge is 0.276 e. The maximum atomic E-state index is 13.2. The molecule has 1 heterocycles. The third-order valence-corrected chi connectivity index (χ3v) is 4.99. The average Bonchev–Trinajstić information content (AvgIpc) is 3.29. The van der Waals surface area contributed by atoms with Crippen LogP contribution in [-0.2, 0) is 11.2 Å². The van der Waals surface area contributed by atoms with Gasteiger partial charge in [0.1, 0.15) is 6.04 Å². The first kappa shape index (κ1) is 19.5. The largest absolute Gasteiger partial charge is 0.349 e. The van der Waals surface area contributed by atoms with E-state index in [0.29, 0.717) is 5.69 Å². The maximum Gasteiger partial charge on any atom is 0.276 e. The van der Waals surface area contributed by atoms with E-state index in [1.807, 2.05) is 45.0 Å². The highest BCUT2D eigenvalue weighted by molar-refractivity contribution is 7.03. The van der Waals surface area contributed by atoms with Crippen molar-refractivity contribution >= 4 is 23.3 Å². The van der Waals surface area contributed by atoms with Crippen molar-refractivity contribution in [1.29, 1.82) is 0 Å². The lowest BCUT2D eigenvalue weighted by Gasteiger charge is -2.33. The Morgan fingerprint density at radius 1 is 1.26 bits per heavy atom. The Morgan fingerprint density at radius 2 is 1.93 bits per heavy atom. The molecule has 0 unspecified atom stereocenters. The number of aryl methyl sites for hydroxylation is 1. The van der Waals surface area contributed by atoms with Gasteiger partial charge in [-0.15, -0.1) is 5.10 Å². The summed E-state index contributed by atoms with van der Waals surface area (Å²) in [6.07, 6.45) is 2.72. The second kappa shape index (κ2) is 7.76. The number of hydrogen-bond donors (Lipinski definition) is 1. The van der Waals surface area contributed by atoms with Crippen LogP contribution >= 0.6 is 11.5 Å². The van der Waals surface area contributed by atoms with Crippen LogP contribution in [0.1, 0.15) is 68.2 Å². The summed E-state index contributed by atoms with van der Waals surface area (Å²) in [5, 5.41) is 8.61. The Morgan fingerprint density at radius 3 is 2.41 bits per heavy atom. The third-order valence-electron chi connectivity index (χ3n) is 4.48. The van der Waals surface area contributed by atoms with E-state index >= 15 is 0 Å². The van der Waals surface area contributed by atoms with E-state index in [9.17, 15) is 9.59 Å². The van der Waals surface area contributed by atoms with Crippen LogP contribution in [0.15, 0.2) is 29.6 Å². The van der Waals surface area contributed by atoms with Gasteiger partial charge in [-0.25, -0.2) is 0 Å². The van der Waals surface area contributed by atoms with Crippen molar-refractivity contribution in [2.75, 3.05) is 0 Å². The molecule has 1 saturated carbocycles. The third kappa shape index (κ3) is 4.71. The number of nitrogens with one attached hydrogen (secondary N) is 1. The number of rotatable bonds is 6. The first-order valence-corrected chi connectivity index (χ1v) is 10.1. The Bertz CT molecular complexity index is 792. The van der Waals surface area contributed by atoms with Gasteiger partial charge in [0.2, 0.25) is 5.91 Å². The summed E-state index contributed by atoms with van der Waals surface area (Å²) in [7, 11) is 0. The van der Waals surface area contributed by atoms with E-state index in [2.05, 4.69) is 21.8 Å². The van der Waals surface area contributed by atoms with Crippen LogP contribution in [0.2, 0.25) is 0 Å². The van der Waals surface area contributed by atoms with Crippen molar-refractivity contribution in [2.45, 2.75) is 64.6 Å². The maximum absolute atomic E-state index is 13.2. The zero-order valence-corrected chi connectivity index (χ0v) is 17.0. The Kier molecular flexibility index (Phi) is 5.60. The van der Waals surface area contributed by atoms with Crippen molar-refractivity contribution in [3.8, 4) is 0 Å². The van der Waals surface area contributed by atoms with Crippen molar-refractivity contribution in [3.63, 3.8) is 0 Å². The quantitative estimate of drug-likeness (QED) is 0.826. The molecule has 0 radical (unpaired) electrons. The van der Waals surface area contributed by atoms with Gasteiger partial charge in [0.25, 0.3) is 5.91 Å². The topological polar surface area (TPSA) is 75.2 Å². The Labute approximate surface area is 164 Å². The number of nitrogens with zero attached hydrogens (tertiary/aromatic N) is 3. The van der Waals surface area contributed by atoms with Crippen LogP contribution in [0.3, 0.4) is 0 Å². The van der Waals surface area contributed by atoms with Gasteiger partial charge in [0, 0.05) is 17.0 Å². The van der Waals surface area contributed by atoms with Crippen molar-refractivity contribution in [1.82, 2.24) is 19.8 Å². The van der Waals surface area contributed by atoms with E-state index in [4.69, 9.17) is 0 Å². The van der Waals surface area contributed by atoms with Gasteiger partial charge >= 0.3 is 0 Å². The summed E-state index contributed by atoms with van der Waals surface area (Å²) in [6, 6.07) is 7.32. The van der Waals surface area contributed by atoms with Crippen molar-refractivity contribution in [2.24, 2.45) is 0 Å². The van der Waals surface area contributed by atoms with E-state index in [1.165, 1.54) is 5.56 Å². The van der Waals surface area contributed by atoms with Gasteiger partial charge in [-0.05, 0) is 62.7 Å². The molecule has 0 bridgehead atoms.